The minimum atomic E-state index is -4.49. The van der Waals surface area contributed by atoms with Crippen LogP contribution in [0.25, 0.3) is 0 Å². The number of nitrogens with zero attached hydrogens (tertiary/aromatic N) is 1. The van der Waals surface area contributed by atoms with Crippen molar-refractivity contribution in [1.82, 2.24) is 20.9 Å². The van der Waals surface area contributed by atoms with Crippen LogP contribution in [-0.4, -0.2) is 92.6 Å². The molecule has 3 unspecified atom stereocenters. The van der Waals surface area contributed by atoms with Crippen molar-refractivity contribution in [3.63, 3.8) is 0 Å². The minimum absolute atomic E-state index is 0.000618. The standard InChI is InChI=1S/C46H80N7O11P/c1-14-45(15-2,26-29(5)6)63-65(60,61)64-46(16-3,17-4)27-32-20-22-33(23-21-32)50-38(55)35(19-18-24-49-41(48)58)51-39(56)37(30(7)8)52-42(59)62-44(12,13)28-43(10,11)53-36(54)25-34(31(9)47)40(53)57/h20-23,29-31,34-35,37H,14-19,24-28,47H2,1-13H3,(H,50,55)(H,51,56)(H,52,59)(H,60,61)(H3,48,49,58)/t31?,34?,35-,37-/m0/s1. The maximum atomic E-state index is 13.8. The number of ether oxygens (including phenoxy) is 1. The number of hydrogen-bond donors (Lipinski definition) is 7. The number of likely N-dealkylation sites (tertiary alicyclic amines) is 1. The fraction of sp³-hybridized carbons (Fsp3) is 0.739. The number of nitrogens with one attached hydrogen (secondary N) is 4. The number of phosphoric ester groups is 1. The summed E-state index contributed by atoms with van der Waals surface area (Å²) in [5.74, 6) is -2.81. The first kappa shape index (κ1) is 57.0. The van der Waals surface area contributed by atoms with E-state index in [1.54, 1.807) is 72.7 Å². The molecule has 19 heteroatoms. The topological polar surface area (TPSA) is 271 Å². The lowest BCUT2D eigenvalue weighted by Gasteiger charge is -2.40. The van der Waals surface area contributed by atoms with Crippen molar-refractivity contribution >= 4 is 49.3 Å². The third kappa shape index (κ3) is 17.3. The van der Waals surface area contributed by atoms with E-state index in [9.17, 15) is 38.2 Å². The van der Waals surface area contributed by atoms with Crippen LogP contribution in [0, 0.1) is 17.8 Å². The smallest absolute Gasteiger partial charge is 0.443 e. The zero-order valence-electron chi connectivity index (χ0n) is 41.1. The van der Waals surface area contributed by atoms with Gasteiger partial charge in [-0.05, 0) is 109 Å². The zero-order valence-corrected chi connectivity index (χ0v) is 42.0. The second-order valence-corrected chi connectivity index (χ2v) is 20.9. The highest BCUT2D eigenvalue weighted by Crippen LogP contribution is 2.55. The number of urea groups is 1. The molecule has 18 nitrogen and oxygen atoms in total. The summed E-state index contributed by atoms with van der Waals surface area (Å²) in [4.78, 5) is 90.7. The molecular formula is C46H80N7O11P. The number of carbonyl (C=O) groups excluding carboxylic acids is 6. The van der Waals surface area contributed by atoms with Crippen molar-refractivity contribution in [3.05, 3.63) is 29.8 Å². The second-order valence-electron chi connectivity index (χ2n) is 19.6. The molecule has 1 saturated heterocycles. The first-order valence-corrected chi connectivity index (χ1v) is 24.6. The maximum Gasteiger partial charge on any atom is 0.473 e. The molecule has 2 rings (SSSR count). The summed E-state index contributed by atoms with van der Waals surface area (Å²) in [5.41, 5.74) is 8.33. The van der Waals surface area contributed by atoms with E-state index in [1.165, 1.54) is 4.90 Å². The number of hydrogen-bond acceptors (Lipinski definition) is 11. The quantitative estimate of drug-likeness (QED) is 0.0272. The zero-order chi connectivity index (χ0) is 49.7. The number of benzene rings is 1. The largest absolute Gasteiger partial charge is 0.473 e. The van der Waals surface area contributed by atoms with Crippen LogP contribution in [0.15, 0.2) is 24.3 Å². The molecule has 1 aromatic carbocycles. The Morgan fingerprint density at radius 1 is 0.877 bits per heavy atom. The third-order valence-corrected chi connectivity index (χ3v) is 13.4. The Morgan fingerprint density at radius 2 is 1.43 bits per heavy atom. The number of phosphoric acid groups is 1. The van der Waals surface area contributed by atoms with E-state index in [1.807, 2.05) is 41.5 Å². The van der Waals surface area contributed by atoms with Gasteiger partial charge in [-0.1, -0.05) is 67.5 Å². The van der Waals surface area contributed by atoms with Crippen LogP contribution in [0.4, 0.5) is 15.3 Å². The number of nitrogens with two attached hydrogens (primary N) is 2. The molecule has 0 saturated carbocycles. The molecule has 1 heterocycles. The monoisotopic (exact) mass is 938 g/mol. The summed E-state index contributed by atoms with van der Waals surface area (Å²) in [6.07, 6.45) is 2.37. The van der Waals surface area contributed by atoms with Gasteiger partial charge < -0.3 is 42.4 Å². The fourth-order valence-corrected chi connectivity index (χ4v) is 10.4. The van der Waals surface area contributed by atoms with Crippen molar-refractivity contribution in [2.24, 2.45) is 29.2 Å². The molecule has 1 aliphatic rings. The Balaban J connectivity index is 2.23. The summed E-state index contributed by atoms with van der Waals surface area (Å²) in [6, 6.07) is 3.40. The summed E-state index contributed by atoms with van der Waals surface area (Å²) in [6.45, 7) is 23.7. The van der Waals surface area contributed by atoms with E-state index in [0.717, 1.165) is 5.56 Å². The molecule has 0 spiro atoms. The maximum absolute atomic E-state index is 13.8. The molecular weight excluding hydrogens is 858 g/mol. The van der Waals surface area contributed by atoms with Crippen LogP contribution in [0.1, 0.15) is 153 Å². The van der Waals surface area contributed by atoms with E-state index < -0.39 is 84.1 Å². The fourth-order valence-electron chi connectivity index (χ4n) is 8.78. The van der Waals surface area contributed by atoms with Crippen LogP contribution >= 0.6 is 7.82 Å². The first-order valence-electron chi connectivity index (χ1n) is 23.1. The van der Waals surface area contributed by atoms with Crippen LogP contribution in [0.2, 0.25) is 0 Å². The van der Waals surface area contributed by atoms with Crippen molar-refractivity contribution in [1.29, 1.82) is 0 Å². The van der Waals surface area contributed by atoms with Gasteiger partial charge in [-0.2, -0.15) is 0 Å². The molecule has 0 aliphatic carbocycles. The van der Waals surface area contributed by atoms with Gasteiger partial charge in [-0.25, -0.2) is 14.2 Å². The van der Waals surface area contributed by atoms with Crippen molar-refractivity contribution in [2.45, 2.75) is 195 Å². The van der Waals surface area contributed by atoms with E-state index in [4.69, 9.17) is 25.3 Å². The summed E-state index contributed by atoms with van der Waals surface area (Å²) < 4.78 is 31.3. The van der Waals surface area contributed by atoms with E-state index in [0.29, 0.717) is 37.8 Å². The summed E-state index contributed by atoms with van der Waals surface area (Å²) in [7, 11) is -4.49. The molecule has 7 amide bonds. The van der Waals surface area contributed by atoms with Gasteiger partial charge in [0.2, 0.25) is 23.6 Å². The average Bonchev–Trinajstić information content (AvgIpc) is 3.51. The SMILES string of the molecule is CCC(CC)(Cc1ccc(NC(=O)[C@H](CCCNC(N)=O)NC(=O)[C@@H](NC(=O)OC(C)(C)CC(C)(C)N2C(=O)CC(C(C)N)C2=O)C(C)C)cc1)OP(=O)(O)OC(CC)(CC)CC(C)C. The van der Waals surface area contributed by atoms with Gasteiger partial charge in [0.25, 0.3) is 0 Å². The first-order chi connectivity index (χ1) is 30.0. The normalized spacial score (nSPS) is 17.4. The highest BCUT2D eigenvalue weighted by Gasteiger charge is 2.49. The average molecular weight is 938 g/mol. The molecule has 1 aromatic rings. The highest BCUT2D eigenvalue weighted by molar-refractivity contribution is 7.47. The van der Waals surface area contributed by atoms with Gasteiger partial charge in [0.05, 0.1) is 17.1 Å². The van der Waals surface area contributed by atoms with Gasteiger partial charge in [0.15, 0.2) is 0 Å². The van der Waals surface area contributed by atoms with E-state index in [2.05, 4.69) is 21.3 Å². The van der Waals surface area contributed by atoms with E-state index >= 15 is 0 Å². The lowest BCUT2D eigenvalue weighted by molar-refractivity contribution is -0.147. The van der Waals surface area contributed by atoms with Crippen molar-refractivity contribution < 1.29 is 52.0 Å². The second kappa shape index (κ2) is 24.1. The number of imide groups is 1. The number of primary amides is 1. The third-order valence-electron chi connectivity index (χ3n) is 12.2. The van der Waals surface area contributed by atoms with E-state index in [-0.39, 0.29) is 56.4 Å². The Labute approximate surface area is 386 Å². The molecule has 1 aliphatic heterocycles. The van der Waals surface area contributed by atoms with Crippen LogP contribution in [0.5, 0.6) is 0 Å². The van der Waals surface area contributed by atoms with Crippen LogP contribution < -0.4 is 32.7 Å². The number of carbonyl (C=O) groups is 6. The molecule has 0 bridgehead atoms. The van der Waals surface area contributed by atoms with Gasteiger partial charge in [0, 0.05) is 43.1 Å². The number of alkyl carbamates (subject to hydrolysis) is 1. The van der Waals surface area contributed by atoms with Crippen LogP contribution in [0.3, 0.4) is 0 Å². The number of anilines is 1. The van der Waals surface area contributed by atoms with Gasteiger partial charge in [-0.15, -0.1) is 0 Å². The Kier molecular flexibility index (Phi) is 21.1. The minimum Gasteiger partial charge on any atom is -0.443 e. The predicted molar refractivity (Wildman–Crippen MR) is 250 cm³/mol. The van der Waals surface area contributed by atoms with Gasteiger partial charge in [-0.3, -0.25) is 33.1 Å². The Bertz CT molecular complexity index is 1830. The lowest BCUT2D eigenvalue weighted by Crippen LogP contribution is -2.56. The predicted octanol–water partition coefficient (Wildman–Crippen LogP) is 6.82. The molecule has 0 aromatic heterocycles. The number of amides is 7. The molecule has 370 valence electrons. The molecule has 9 N–H and O–H groups in total. The molecule has 0 radical (unpaired) electrons. The van der Waals surface area contributed by atoms with Crippen LogP contribution in [-0.2, 0) is 43.9 Å². The Morgan fingerprint density at radius 3 is 1.91 bits per heavy atom. The highest BCUT2D eigenvalue weighted by atomic mass is 31.2. The van der Waals surface area contributed by atoms with Crippen molar-refractivity contribution in [3.8, 4) is 0 Å². The van der Waals surface area contributed by atoms with Crippen molar-refractivity contribution in [2.75, 3.05) is 11.9 Å². The number of rotatable bonds is 27. The Hall–Kier alpha value is -4.09. The molecule has 5 atom stereocenters. The molecule has 1 fully saturated rings. The lowest BCUT2D eigenvalue weighted by atomic mass is 9.87. The molecule has 65 heavy (non-hydrogen) atoms. The summed E-state index contributed by atoms with van der Waals surface area (Å²) in [5, 5.41) is 10.7. The van der Waals surface area contributed by atoms with Gasteiger partial charge >= 0.3 is 19.9 Å². The summed E-state index contributed by atoms with van der Waals surface area (Å²) >= 11 is 0. The van der Waals surface area contributed by atoms with Gasteiger partial charge in [0.1, 0.15) is 17.7 Å².